The van der Waals surface area contributed by atoms with Crippen molar-refractivity contribution in [2.75, 3.05) is 20.8 Å². The van der Waals surface area contributed by atoms with Crippen LogP contribution in [0.2, 0.25) is 0 Å². The summed E-state index contributed by atoms with van der Waals surface area (Å²) >= 11 is 0. The highest BCUT2D eigenvalue weighted by molar-refractivity contribution is 5.71. The number of aryl methyl sites for hydroxylation is 3. The molecule has 134 valence electrons. The number of hydrogen-bond donors (Lipinski definition) is 0. The standard InChI is InChI=1S/C20H24O5/c1-13-6-7-17(15(3)8-13)24-12-20(21)25-11-16-10-19(23-5)18(22-4)9-14(16)2/h6-10H,11-12H2,1-5H3. The lowest BCUT2D eigenvalue weighted by Crippen LogP contribution is -2.15. The van der Waals surface area contributed by atoms with Crippen LogP contribution in [0, 0.1) is 20.8 Å². The second kappa shape index (κ2) is 8.42. The molecule has 0 aliphatic rings. The molecule has 0 saturated heterocycles. The van der Waals surface area contributed by atoms with E-state index in [-0.39, 0.29) is 13.2 Å². The molecule has 0 N–H and O–H groups in total. The molecule has 0 aromatic heterocycles. The van der Waals surface area contributed by atoms with Crippen LogP contribution >= 0.6 is 0 Å². The van der Waals surface area contributed by atoms with Gasteiger partial charge in [-0.15, -0.1) is 0 Å². The van der Waals surface area contributed by atoms with E-state index in [0.717, 1.165) is 22.3 Å². The topological polar surface area (TPSA) is 54.0 Å². The minimum atomic E-state index is -0.422. The van der Waals surface area contributed by atoms with Crippen LogP contribution in [0.5, 0.6) is 17.2 Å². The Balaban J connectivity index is 1.93. The summed E-state index contributed by atoms with van der Waals surface area (Å²) in [5, 5.41) is 0. The van der Waals surface area contributed by atoms with Crippen LogP contribution in [0.1, 0.15) is 22.3 Å². The van der Waals surface area contributed by atoms with Gasteiger partial charge in [0.1, 0.15) is 12.4 Å². The largest absolute Gasteiger partial charge is 0.493 e. The lowest BCUT2D eigenvalue weighted by Gasteiger charge is -2.13. The molecule has 0 bridgehead atoms. The van der Waals surface area contributed by atoms with Crippen LogP contribution in [0.4, 0.5) is 0 Å². The summed E-state index contributed by atoms with van der Waals surface area (Å²) in [7, 11) is 3.15. The summed E-state index contributed by atoms with van der Waals surface area (Å²) in [5.41, 5.74) is 3.96. The molecule has 0 radical (unpaired) electrons. The van der Waals surface area contributed by atoms with E-state index < -0.39 is 5.97 Å². The fraction of sp³-hybridized carbons (Fsp3) is 0.350. The van der Waals surface area contributed by atoms with Crippen molar-refractivity contribution in [3.8, 4) is 17.2 Å². The molecule has 0 unspecified atom stereocenters. The number of benzene rings is 2. The first-order valence-corrected chi connectivity index (χ1v) is 8.01. The van der Waals surface area contributed by atoms with Crippen LogP contribution in [0.15, 0.2) is 30.3 Å². The second-order valence-corrected chi connectivity index (χ2v) is 5.85. The number of methoxy groups -OCH3 is 2. The molecule has 0 saturated carbocycles. The molecule has 0 spiro atoms. The molecule has 0 heterocycles. The maximum atomic E-state index is 12.0. The molecular formula is C20H24O5. The van der Waals surface area contributed by atoms with Gasteiger partial charge in [-0.3, -0.25) is 0 Å². The van der Waals surface area contributed by atoms with Crippen LogP contribution in [0.25, 0.3) is 0 Å². The number of esters is 1. The van der Waals surface area contributed by atoms with Crippen molar-refractivity contribution in [1.82, 2.24) is 0 Å². The summed E-state index contributed by atoms with van der Waals surface area (Å²) in [5.74, 6) is 1.51. The van der Waals surface area contributed by atoms with E-state index in [4.69, 9.17) is 18.9 Å². The molecule has 0 atom stereocenters. The molecule has 0 aliphatic heterocycles. The molecule has 0 amide bonds. The minimum absolute atomic E-state index is 0.129. The van der Waals surface area contributed by atoms with Gasteiger partial charge >= 0.3 is 5.97 Å². The van der Waals surface area contributed by atoms with Gasteiger partial charge in [-0.1, -0.05) is 17.7 Å². The first-order valence-electron chi connectivity index (χ1n) is 8.01. The lowest BCUT2D eigenvalue weighted by atomic mass is 10.1. The van der Waals surface area contributed by atoms with Crippen LogP contribution in [0.3, 0.4) is 0 Å². The van der Waals surface area contributed by atoms with Crippen molar-refractivity contribution >= 4 is 5.97 Å². The zero-order valence-electron chi connectivity index (χ0n) is 15.3. The smallest absolute Gasteiger partial charge is 0.344 e. The Bertz CT molecular complexity index is 752. The van der Waals surface area contributed by atoms with Gasteiger partial charge in [-0.25, -0.2) is 4.79 Å². The van der Waals surface area contributed by atoms with E-state index in [2.05, 4.69) is 0 Å². The van der Waals surface area contributed by atoms with E-state index in [9.17, 15) is 4.79 Å². The Morgan fingerprint density at radius 3 is 2.20 bits per heavy atom. The number of hydrogen-bond acceptors (Lipinski definition) is 5. The summed E-state index contributed by atoms with van der Waals surface area (Å²) in [4.78, 5) is 12.0. The van der Waals surface area contributed by atoms with Crippen molar-refractivity contribution < 1.29 is 23.7 Å². The molecule has 2 aromatic carbocycles. The summed E-state index contributed by atoms with van der Waals surface area (Å²) < 4.78 is 21.4. The fourth-order valence-electron chi connectivity index (χ4n) is 2.48. The number of carbonyl (C=O) groups is 1. The molecule has 2 rings (SSSR count). The third-order valence-electron chi connectivity index (χ3n) is 3.91. The van der Waals surface area contributed by atoms with Gasteiger partial charge in [0.25, 0.3) is 0 Å². The fourth-order valence-corrected chi connectivity index (χ4v) is 2.48. The summed E-state index contributed by atoms with van der Waals surface area (Å²) in [6, 6.07) is 9.48. The van der Waals surface area contributed by atoms with Crippen molar-refractivity contribution in [3.05, 3.63) is 52.6 Å². The number of carbonyl (C=O) groups excluding carboxylic acids is 1. The SMILES string of the molecule is COc1cc(C)c(COC(=O)COc2ccc(C)cc2C)cc1OC. The van der Waals surface area contributed by atoms with Crippen molar-refractivity contribution in [3.63, 3.8) is 0 Å². The average Bonchev–Trinajstić information content (AvgIpc) is 2.59. The molecule has 25 heavy (non-hydrogen) atoms. The monoisotopic (exact) mass is 344 g/mol. The quantitative estimate of drug-likeness (QED) is 0.716. The lowest BCUT2D eigenvalue weighted by molar-refractivity contribution is -0.147. The second-order valence-electron chi connectivity index (χ2n) is 5.85. The van der Waals surface area contributed by atoms with Crippen molar-refractivity contribution in [2.24, 2.45) is 0 Å². The Morgan fingerprint density at radius 2 is 1.56 bits per heavy atom. The molecule has 5 heteroatoms. The van der Waals surface area contributed by atoms with E-state index in [0.29, 0.717) is 17.2 Å². The van der Waals surface area contributed by atoms with Crippen LogP contribution in [-0.4, -0.2) is 26.8 Å². The van der Waals surface area contributed by atoms with Gasteiger partial charge in [-0.05, 0) is 55.7 Å². The van der Waals surface area contributed by atoms with Gasteiger partial charge in [0.05, 0.1) is 14.2 Å². The third kappa shape index (κ3) is 4.89. The zero-order valence-corrected chi connectivity index (χ0v) is 15.3. The highest BCUT2D eigenvalue weighted by Crippen LogP contribution is 2.30. The average molecular weight is 344 g/mol. The van der Waals surface area contributed by atoms with Gasteiger partial charge in [-0.2, -0.15) is 0 Å². The Morgan fingerprint density at radius 1 is 0.880 bits per heavy atom. The van der Waals surface area contributed by atoms with Gasteiger partial charge in [0.2, 0.25) is 0 Å². The molecule has 0 aliphatic carbocycles. The summed E-state index contributed by atoms with van der Waals surface area (Å²) in [6.45, 7) is 5.91. The van der Waals surface area contributed by atoms with Crippen molar-refractivity contribution in [1.29, 1.82) is 0 Å². The zero-order chi connectivity index (χ0) is 18.4. The van der Waals surface area contributed by atoms with Crippen molar-refractivity contribution in [2.45, 2.75) is 27.4 Å². The van der Waals surface area contributed by atoms with E-state index >= 15 is 0 Å². The Kier molecular flexibility index (Phi) is 6.28. The first-order chi connectivity index (χ1) is 11.9. The Hall–Kier alpha value is -2.69. The van der Waals surface area contributed by atoms with E-state index in [1.807, 2.05) is 51.1 Å². The molecule has 5 nitrogen and oxygen atoms in total. The maximum absolute atomic E-state index is 12.0. The number of ether oxygens (including phenoxy) is 4. The maximum Gasteiger partial charge on any atom is 0.344 e. The van der Waals surface area contributed by atoms with Gasteiger partial charge < -0.3 is 18.9 Å². The van der Waals surface area contributed by atoms with Crippen LogP contribution in [-0.2, 0) is 16.1 Å². The predicted molar refractivity (Wildman–Crippen MR) is 95.5 cm³/mol. The minimum Gasteiger partial charge on any atom is -0.493 e. The highest BCUT2D eigenvalue weighted by atomic mass is 16.6. The predicted octanol–water partition coefficient (Wildman–Crippen LogP) is 3.75. The normalized spacial score (nSPS) is 10.3. The van der Waals surface area contributed by atoms with Gasteiger partial charge in [0, 0.05) is 0 Å². The number of rotatable bonds is 7. The van der Waals surface area contributed by atoms with E-state index in [1.165, 1.54) is 0 Å². The highest BCUT2D eigenvalue weighted by Gasteiger charge is 2.11. The molecule has 0 fully saturated rings. The van der Waals surface area contributed by atoms with Crippen LogP contribution < -0.4 is 14.2 Å². The third-order valence-corrected chi connectivity index (χ3v) is 3.91. The first kappa shape index (κ1) is 18.6. The molecule has 2 aromatic rings. The van der Waals surface area contributed by atoms with Gasteiger partial charge in [0.15, 0.2) is 18.1 Å². The van der Waals surface area contributed by atoms with E-state index in [1.54, 1.807) is 14.2 Å². The Labute approximate surface area is 148 Å². The summed E-state index contributed by atoms with van der Waals surface area (Å²) in [6.07, 6.45) is 0. The molecular weight excluding hydrogens is 320 g/mol.